The van der Waals surface area contributed by atoms with Gasteiger partial charge in [0.15, 0.2) is 0 Å². The van der Waals surface area contributed by atoms with E-state index in [4.69, 9.17) is 9.84 Å². The van der Waals surface area contributed by atoms with Gasteiger partial charge in [0.2, 0.25) is 0 Å². The summed E-state index contributed by atoms with van der Waals surface area (Å²) in [4.78, 5) is 16.6. The molecule has 1 aliphatic rings. The van der Waals surface area contributed by atoms with Crippen LogP contribution in [0.3, 0.4) is 0 Å². The molecule has 5 heteroatoms. The summed E-state index contributed by atoms with van der Waals surface area (Å²) in [7, 11) is 0. The molecule has 1 fully saturated rings. The summed E-state index contributed by atoms with van der Waals surface area (Å²) < 4.78 is 4.74. The second-order valence-electron chi connectivity index (χ2n) is 8.84. The number of nitrogens with zero attached hydrogens (tertiary/aromatic N) is 1. The van der Waals surface area contributed by atoms with Crippen LogP contribution < -0.4 is 4.74 Å². The lowest BCUT2D eigenvalue weighted by Crippen LogP contribution is -2.36. The fraction of sp³-hybridized carbons (Fsp3) is 0.423. The van der Waals surface area contributed by atoms with Gasteiger partial charge in [-0.1, -0.05) is 29.8 Å². The zero-order valence-corrected chi connectivity index (χ0v) is 18.3. The number of carbonyl (C=O) groups is 1. The van der Waals surface area contributed by atoms with Gasteiger partial charge in [-0.25, -0.2) is 4.79 Å². The number of H-pyrrole nitrogens is 1. The van der Waals surface area contributed by atoms with Crippen LogP contribution in [0.5, 0.6) is 5.75 Å². The van der Waals surface area contributed by atoms with Gasteiger partial charge in [0.25, 0.3) is 0 Å². The molecule has 1 aromatic heterocycles. The first-order chi connectivity index (χ1) is 15.1. The van der Waals surface area contributed by atoms with Crippen LogP contribution in [0, 0.1) is 12.8 Å². The van der Waals surface area contributed by atoms with Crippen LogP contribution in [0.2, 0.25) is 0 Å². The number of nitrogens with one attached hydrogen (secondary N) is 1. The van der Waals surface area contributed by atoms with E-state index in [1.54, 1.807) is 12.1 Å². The van der Waals surface area contributed by atoms with Crippen LogP contribution in [0.15, 0.2) is 48.7 Å². The van der Waals surface area contributed by atoms with Crippen LogP contribution in [-0.4, -0.2) is 40.8 Å². The van der Waals surface area contributed by atoms with Crippen molar-refractivity contribution in [3.05, 3.63) is 65.4 Å². The Morgan fingerprint density at radius 3 is 2.84 bits per heavy atom. The molecule has 0 bridgehead atoms. The van der Waals surface area contributed by atoms with E-state index in [9.17, 15) is 4.79 Å². The molecule has 0 saturated carbocycles. The fourth-order valence-electron chi connectivity index (χ4n) is 4.77. The predicted molar refractivity (Wildman–Crippen MR) is 124 cm³/mol. The third-order valence-corrected chi connectivity index (χ3v) is 6.36. The van der Waals surface area contributed by atoms with Crippen LogP contribution in [0.4, 0.5) is 4.79 Å². The monoisotopic (exact) mass is 420 g/mol. The molecular weight excluding hydrogens is 388 g/mol. The molecule has 2 N–H and O–H groups in total. The third-order valence-electron chi connectivity index (χ3n) is 6.36. The maximum Gasteiger partial charge on any atom is 0.511 e. The maximum atomic E-state index is 10.7. The van der Waals surface area contributed by atoms with Crippen molar-refractivity contribution in [2.45, 2.75) is 45.4 Å². The molecule has 164 valence electrons. The molecule has 1 aliphatic heterocycles. The van der Waals surface area contributed by atoms with E-state index >= 15 is 0 Å². The van der Waals surface area contributed by atoms with Crippen molar-refractivity contribution < 1.29 is 14.6 Å². The number of likely N-dealkylation sites (tertiary alicyclic amines) is 1. The normalized spacial score (nSPS) is 17.1. The smallest absolute Gasteiger partial charge is 0.449 e. The molecule has 4 rings (SSSR count). The second-order valence-corrected chi connectivity index (χ2v) is 8.84. The van der Waals surface area contributed by atoms with Gasteiger partial charge >= 0.3 is 6.16 Å². The Morgan fingerprint density at radius 2 is 2.03 bits per heavy atom. The molecule has 2 heterocycles. The molecule has 0 spiro atoms. The van der Waals surface area contributed by atoms with Crippen molar-refractivity contribution in [3.8, 4) is 5.75 Å². The lowest BCUT2D eigenvalue weighted by molar-refractivity contribution is 0.144. The Balaban J connectivity index is 1.23. The Bertz CT molecular complexity index is 1010. The molecule has 5 nitrogen and oxygen atoms in total. The highest BCUT2D eigenvalue weighted by atomic mass is 16.7. The molecule has 1 atom stereocenters. The van der Waals surface area contributed by atoms with E-state index in [0.717, 1.165) is 29.7 Å². The third kappa shape index (κ3) is 5.88. The maximum absolute atomic E-state index is 10.7. The zero-order valence-electron chi connectivity index (χ0n) is 18.3. The minimum atomic E-state index is -1.29. The van der Waals surface area contributed by atoms with Gasteiger partial charge in [-0.05, 0) is 87.7 Å². The topological polar surface area (TPSA) is 65.6 Å². The number of piperidine rings is 1. The van der Waals surface area contributed by atoms with Gasteiger partial charge in [0, 0.05) is 29.7 Å². The summed E-state index contributed by atoms with van der Waals surface area (Å²) in [6.45, 7) is 5.76. The molecule has 2 aromatic carbocycles. The van der Waals surface area contributed by atoms with Gasteiger partial charge in [-0.3, -0.25) is 0 Å². The SMILES string of the molecule is Cc1ccc(CC2CCCN(CCCCc3c[nH]c4cc(OC(=O)O)ccc34)C2)cc1. The fourth-order valence-corrected chi connectivity index (χ4v) is 4.77. The van der Waals surface area contributed by atoms with Crippen molar-refractivity contribution >= 4 is 17.1 Å². The van der Waals surface area contributed by atoms with E-state index in [-0.39, 0.29) is 0 Å². The standard InChI is InChI=1S/C26H32N2O3/c1-19-7-9-20(10-8-19)15-21-5-4-14-28(18-21)13-3-2-6-22-17-27-25-16-23(31-26(29)30)11-12-24(22)25/h7-12,16-17,21,27H,2-6,13-15,18H2,1H3,(H,29,30). The average molecular weight is 421 g/mol. The Morgan fingerprint density at radius 1 is 1.19 bits per heavy atom. The summed E-state index contributed by atoms with van der Waals surface area (Å²) in [6.07, 6.45) is 7.97. The molecule has 0 radical (unpaired) electrons. The number of ether oxygens (including phenoxy) is 1. The summed E-state index contributed by atoms with van der Waals surface area (Å²) in [6, 6.07) is 14.4. The van der Waals surface area contributed by atoms with Crippen LogP contribution in [-0.2, 0) is 12.8 Å². The zero-order chi connectivity index (χ0) is 21.6. The molecule has 3 aromatic rings. The summed E-state index contributed by atoms with van der Waals surface area (Å²) in [5.41, 5.74) is 5.00. The molecule has 1 saturated heterocycles. The second kappa shape index (κ2) is 10.0. The molecule has 0 amide bonds. The number of aromatic nitrogens is 1. The van der Waals surface area contributed by atoms with Gasteiger partial charge in [-0.2, -0.15) is 0 Å². The van der Waals surface area contributed by atoms with Crippen molar-refractivity contribution in [2.24, 2.45) is 5.92 Å². The lowest BCUT2D eigenvalue weighted by Gasteiger charge is -2.33. The first-order valence-corrected chi connectivity index (χ1v) is 11.4. The van der Waals surface area contributed by atoms with Crippen molar-refractivity contribution in [2.75, 3.05) is 19.6 Å². The number of hydrogen-bond acceptors (Lipinski definition) is 3. The van der Waals surface area contributed by atoms with Gasteiger partial charge in [0.05, 0.1) is 0 Å². The number of rotatable bonds is 8. The Hall–Kier alpha value is -2.79. The summed E-state index contributed by atoms with van der Waals surface area (Å²) in [5, 5.41) is 9.91. The number of aromatic amines is 1. The van der Waals surface area contributed by atoms with E-state index < -0.39 is 6.16 Å². The van der Waals surface area contributed by atoms with Crippen LogP contribution >= 0.6 is 0 Å². The number of benzene rings is 2. The van der Waals surface area contributed by atoms with Gasteiger partial charge in [-0.15, -0.1) is 0 Å². The average Bonchev–Trinajstić information content (AvgIpc) is 3.15. The van der Waals surface area contributed by atoms with Gasteiger partial charge < -0.3 is 19.7 Å². The Labute approximate surface area is 184 Å². The van der Waals surface area contributed by atoms with Crippen LogP contribution in [0.25, 0.3) is 10.9 Å². The van der Waals surface area contributed by atoms with E-state index in [0.29, 0.717) is 5.75 Å². The summed E-state index contributed by atoms with van der Waals surface area (Å²) in [5.74, 6) is 1.12. The number of fused-ring (bicyclic) bond motifs is 1. The number of unbranched alkanes of at least 4 members (excludes halogenated alkanes) is 1. The highest BCUT2D eigenvalue weighted by Gasteiger charge is 2.19. The predicted octanol–water partition coefficient (Wildman–Crippen LogP) is 5.81. The number of aryl methyl sites for hydroxylation is 2. The first-order valence-electron chi connectivity index (χ1n) is 11.4. The van der Waals surface area contributed by atoms with Crippen molar-refractivity contribution in [1.29, 1.82) is 0 Å². The van der Waals surface area contributed by atoms with E-state index in [1.165, 1.54) is 62.0 Å². The quantitative estimate of drug-likeness (QED) is 0.274. The highest BCUT2D eigenvalue weighted by molar-refractivity contribution is 5.85. The van der Waals surface area contributed by atoms with Crippen molar-refractivity contribution in [1.82, 2.24) is 9.88 Å². The lowest BCUT2D eigenvalue weighted by atomic mass is 9.91. The van der Waals surface area contributed by atoms with Gasteiger partial charge in [0.1, 0.15) is 5.75 Å². The highest BCUT2D eigenvalue weighted by Crippen LogP contribution is 2.25. The molecule has 1 unspecified atom stereocenters. The minimum absolute atomic E-state index is 0.346. The number of hydrogen-bond donors (Lipinski definition) is 2. The summed E-state index contributed by atoms with van der Waals surface area (Å²) >= 11 is 0. The van der Waals surface area contributed by atoms with Crippen LogP contribution in [0.1, 0.15) is 42.4 Å². The number of carboxylic acid groups (broad SMARTS) is 1. The molecular formula is C26H32N2O3. The minimum Gasteiger partial charge on any atom is -0.449 e. The molecule has 0 aliphatic carbocycles. The van der Waals surface area contributed by atoms with E-state index in [2.05, 4.69) is 41.1 Å². The Kier molecular flexibility index (Phi) is 6.92. The van der Waals surface area contributed by atoms with E-state index in [1.807, 2.05) is 12.3 Å². The molecule has 31 heavy (non-hydrogen) atoms. The largest absolute Gasteiger partial charge is 0.511 e. The van der Waals surface area contributed by atoms with Crippen molar-refractivity contribution in [3.63, 3.8) is 0 Å². The first kappa shape index (κ1) is 21.4.